The molecule has 130 valence electrons. The maximum atomic E-state index is 13.5. The third-order valence-corrected chi connectivity index (χ3v) is 3.33. The van der Waals surface area contributed by atoms with E-state index in [1.54, 1.807) is 6.08 Å². The van der Waals surface area contributed by atoms with Gasteiger partial charge in [-0.05, 0) is 37.6 Å². The molecule has 0 spiro atoms. The standard InChI is InChI=1S/C19H17F2NO3/c1-12-5-3-6-14(11-12)9-10-17(23)25-13(2)19(24)22-18-15(20)7-4-8-16(18)21/h3-11,13H,1-2H3,(H,22,24)/b10-9+/t13-/m1/s1. The maximum absolute atomic E-state index is 13.5. The minimum atomic E-state index is -1.21. The van der Waals surface area contributed by atoms with Crippen LogP contribution in [0.1, 0.15) is 18.1 Å². The summed E-state index contributed by atoms with van der Waals surface area (Å²) >= 11 is 0. The number of hydrogen-bond acceptors (Lipinski definition) is 3. The monoisotopic (exact) mass is 345 g/mol. The molecule has 0 saturated heterocycles. The lowest BCUT2D eigenvalue weighted by Crippen LogP contribution is -2.30. The molecular formula is C19H17F2NO3. The average molecular weight is 345 g/mol. The molecular weight excluding hydrogens is 328 g/mol. The number of carbonyl (C=O) groups excluding carboxylic acids is 2. The van der Waals surface area contributed by atoms with Crippen LogP contribution in [0.15, 0.2) is 48.5 Å². The van der Waals surface area contributed by atoms with Crippen molar-refractivity contribution in [3.63, 3.8) is 0 Å². The van der Waals surface area contributed by atoms with E-state index in [-0.39, 0.29) is 0 Å². The molecule has 0 aromatic heterocycles. The zero-order chi connectivity index (χ0) is 18.4. The number of nitrogens with one attached hydrogen (secondary N) is 1. The quantitative estimate of drug-likeness (QED) is 0.661. The number of hydrogen-bond donors (Lipinski definition) is 1. The smallest absolute Gasteiger partial charge is 0.331 e. The van der Waals surface area contributed by atoms with Crippen LogP contribution in [0.25, 0.3) is 6.08 Å². The Kier molecular flexibility index (Phi) is 6.00. The summed E-state index contributed by atoms with van der Waals surface area (Å²) in [6.07, 6.45) is 1.52. The van der Waals surface area contributed by atoms with E-state index in [9.17, 15) is 18.4 Å². The Labute approximate surface area is 144 Å². The molecule has 25 heavy (non-hydrogen) atoms. The Hall–Kier alpha value is -3.02. The van der Waals surface area contributed by atoms with Crippen molar-refractivity contribution in [3.05, 3.63) is 71.3 Å². The van der Waals surface area contributed by atoms with E-state index in [4.69, 9.17) is 4.74 Å². The Bertz CT molecular complexity index is 798. The van der Waals surface area contributed by atoms with Crippen molar-refractivity contribution in [1.82, 2.24) is 0 Å². The first-order valence-electron chi connectivity index (χ1n) is 7.57. The molecule has 0 saturated carbocycles. The zero-order valence-electron chi connectivity index (χ0n) is 13.8. The molecule has 1 amide bonds. The first kappa shape index (κ1) is 18.3. The average Bonchev–Trinajstić information content (AvgIpc) is 2.56. The zero-order valence-corrected chi connectivity index (χ0v) is 13.8. The highest BCUT2D eigenvalue weighted by Gasteiger charge is 2.19. The van der Waals surface area contributed by atoms with E-state index < -0.39 is 35.3 Å². The van der Waals surface area contributed by atoms with Crippen molar-refractivity contribution in [2.75, 3.05) is 5.32 Å². The summed E-state index contributed by atoms with van der Waals surface area (Å²) < 4.78 is 31.9. The summed E-state index contributed by atoms with van der Waals surface area (Å²) in [5.74, 6) is -3.39. The first-order valence-corrected chi connectivity index (χ1v) is 7.57. The summed E-state index contributed by atoms with van der Waals surface area (Å²) in [5, 5.41) is 2.07. The number of aryl methyl sites for hydroxylation is 1. The van der Waals surface area contributed by atoms with E-state index in [2.05, 4.69) is 5.32 Å². The number of amides is 1. The SMILES string of the molecule is Cc1cccc(/C=C/C(=O)O[C@H](C)C(=O)Nc2c(F)cccc2F)c1. The molecule has 0 aliphatic rings. The lowest BCUT2D eigenvalue weighted by Gasteiger charge is -2.13. The van der Waals surface area contributed by atoms with Gasteiger partial charge in [-0.2, -0.15) is 0 Å². The highest BCUT2D eigenvalue weighted by atomic mass is 19.1. The molecule has 0 unspecified atom stereocenters. The van der Waals surface area contributed by atoms with Gasteiger partial charge in [-0.25, -0.2) is 13.6 Å². The van der Waals surface area contributed by atoms with Crippen LogP contribution in [-0.2, 0) is 14.3 Å². The van der Waals surface area contributed by atoms with Gasteiger partial charge in [0.15, 0.2) is 6.10 Å². The Morgan fingerprint density at radius 1 is 1.12 bits per heavy atom. The Morgan fingerprint density at radius 2 is 1.76 bits per heavy atom. The third kappa shape index (κ3) is 5.24. The third-order valence-electron chi connectivity index (χ3n) is 3.33. The first-order chi connectivity index (χ1) is 11.9. The van der Waals surface area contributed by atoms with Crippen molar-refractivity contribution in [1.29, 1.82) is 0 Å². The molecule has 4 nitrogen and oxygen atoms in total. The van der Waals surface area contributed by atoms with Crippen LogP contribution in [0.3, 0.4) is 0 Å². The topological polar surface area (TPSA) is 55.4 Å². The predicted molar refractivity (Wildman–Crippen MR) is 90.8 cm³/mol. The van der Waals surface area contributed by atoms with Gasteiger partial charge in [-0.3, -0.25) is 4.79 Å². The lowest BCUT2D eigenvalue weighted by atomic mass is 10.1. The summed E-state index contributed by atoms with van der Waals surface area (Å²) in [6, 6.07) is 10.7. The summed E-state index contributed by atoms with van der Waals surface area (Å²) in [7, 11) is 0. The molecule has 0 aliphatic carbocycles. The number of anilines is 1. The van der Waals surface area contributed by atoms with Crippen LogP contribution in [0.2, 0.25) is 0 Å². The van der Waals surface area contributed by atoms with Crippen molar-refractivity contribution < 1.29 is 23.1 Å². The van der Waals surface area contributed by atoms with Crippen LogP contribution in [0, 0.1) is 18.6 Å². The molecule has 1 atom stereocenters. The number of carbonyl (C=O) groups is 2. The Balaban J connectivity index is 1.95. The molecule has 0 fully saturated rings. The van der Waals surface area contributed by atoms with Gasteiger partial charge >= 0.3 is 5.97 Å². The van der Waals surface area contributed by atoms with E-state index in [0.717, 1.165) is 23.3 Å². The van der Waals surface area contributed by atoms with Gasteiger partial charge in [-0.15, -0.1) is 0 Å². The summed E-state index contributed by atoms with van der Waals surface area (Å²) in [4.78, 5) is 23.7. The van der Waals surface area contributed by atoms with Gasteiger partial charge in [0, 0.05) is 6.08 Å². The summed E-state index contributed by atoms with van der Waals surface area (Å²) in [5.41, 5.74) is 1.27. The van der Waals surface area contributed by atoms with Gasteiger partial charge in [0.1, 0.15) is 17.3 Å². The molecule has 1 N–H and O–H groups in total. The predicted octanol–water partition coefficient (Wildman–Crippen LogP) is 3.86. The van der Waals surface area contributed by atoms with E-state index >= 15 is 0 Å². The number of esters is 1. The molecule has 0 bridgehead atoms. The maximum Gasteiger partial charge on any atom is 0.331 e. The number of rotatable bonds is 5. The molecule has 0 aliphatic heterocycles. The van der Waals surface area contributed by atoms with Gasteiger partial charge in [0.05, 0.1) is 0 Å². The van der Waals surface area contributed by atoms with E-state index in [1.165, 1.54) is 19.1 Å². The van der Waals surface area contributed by atoms with Crippen LogP contribution < -0.4 is 5.32 Å². The van der Waals surface area contributed by atoms with Crippen LogP contribution in [0.4, 0.5) is 14.5 Å². The molecule has 6 heteroatoms. The van der Waals surface area contributed by atoms with Crippen molar-refractivity contribution >= 4 is 23.6 Å². The van der Waals surface area contributed by atoms with Crippen molar-refractivity contribution in [2.24, 2.45) is 0 Å². The number of benzene rings is 2. The van der Waals surface area contributed by atoms with E-state index in [1.807, 2.05) is 31.2 Å². The van der Waals surface area contributed by atoms with Gasteiger partial charge in [0.2, 0.25) is 0 Å². The largest absolute Gasteiger partial charge is 0.449 e. The minimum absolute atomic E-state index is 0.578. The highest BCUT2D eigenvalue weighted by Crippen LogP contribution is 2.18. The molecule has 0 heterocycles. The van der Waals surface area contributed by atoms with Crippen molar-refractivity contribution in [3.8, 4) is 0 Å². The van der Waals surface area contributed by atoms with Crippen LogP contribution >= 0.6 is 0 Å². The van der Waals surface area contributed by atoms with Crippen molar-refractivity contribution in [2.45, 2.75) is 20.0 Å². The number of para-hydroxylation sites is 1. The summed E-state index contributed by atoms with van der Waals surface area (Å²) in [6.45, 7) is 3.23. The van der Waals surface area contributed by atoms with Crippen LogP contribution in [-0.4, -0.2) is 18.0 Å². The van der Waals surface area contributed by atoms with Crippen LogP contribution in [0.5, 0.6) is 0 Å². The molecule has 2 aromatic carbocycles. The molecule has 0 radical (unpaired) electrons. The fraction of sp³-hybridized carbons (Fsp3) is 0.158. The minimum Gasteiger partial charge on any atom is -0.449 e. The number of ether oxygens (including phenoxy) is 1. The molecule has 2 rings (SSSR count). The number of halogens is 2. The fourth-order valence-corrected chi connectivity index (χ4v) is 2.05. The Morgan fingerprint density at radius 3 is 2.40 bits per heavy atom. The fourth-order valence-electron chi connectivity index (χ4n) is 2.05. The second-order valence-corrected chi connectivity index (χ2v) is 5.41. The lowest BCUT2D eigenvalue weighted by molar-refractivity contribution is -0.148. The molecule has 2 aromatic rings. The van der Waals surface area contributed by atoms with Gasteiger partial charge < -0.3 is 10.1 Å². The normalized spacial score (nSPS) is 12.0. The highest BCUT2D eigenvalue weighted by molar-refractivity contribution is 5.96. The second kappa shape index (κ2) is 8.19. The second-order valence-electron chi connectivity index (χ2n) is 5.41. The van der Waals surface area contributed by atoms with Gasteiger partial charge in [0.25, 0.3) is 5.91 Å². The van der Waals surface area contributed by atoms with E-state index in [0.29, 0.717) is 0 Å². The van der Waals surface area contributed by atoms with Gasteiger partial charge in [-0.1, -0.05) is 35.9 Å².